The van der Waals surface area contributed by atoms with E-state index in [0.29, 0.717) is 11.1 Å². The van der Waals surface area contributed by atoms with Crippen molar-refractivity contribution < 1.29 is 0 Å². The van der Waals surface area contributed by atoms with Gasteiger partial charge in [-0.25, -0.2) is 0 Å². The van der Waals surface area contributed by atoms with Crippen LogP contribution in [0, 0.1) is 12.3 Å². The summed E-state index contributed by atoms with van der Waals surface area (Å²) >= 11 is 5.86. The molecule has 1 aromatic rings. The van der Waals surface area contributed by atoms with Crippen molar-refractivity contribution in [2.45, 2.75) is 24.9 Å². The molecule has 2 rings (SSSR count). The van der Waals surface area contributed by atoms with E-state index in [2.05, 4.69) is 21.5 Å². The van der Waals surface area contributed by atoms with Crippen LogP contribution in [0.2, 0.25) is 5.02 Å². The molecule has 0 spiro atoms. The lowest BCUT2D eigenvalue weighted by molar-refractivity contribution is 0.756. The maximum atomic E-state index is 5.86. The smallest absolute Gasteiger partial charge is 0.192 e. The third kappa shape index (κ3) is 3.41. The zero-order valence-electron chi connectivity index (χ0n) is 10.3. The lowest BCUT2D eigenvalue weighted by Crippen LogP contribution is -2.40. The summed E-state index contributed by atoms with van der Waals surface area (Å²) < 4.78 is 0. The fourth-order valence-electron chi connectivity index (χ4n) is 1.60. The minimum atomic E-state index is -0.202. The van der Waals surface area contributed by atoms with Gasteiger partial charge in [0.2, 0.25) is 0 Å². The predicted octanol–water partition coefficient (Wildman–Crippen LogP) is 2.34. The molecule has 1 fully saturated rings. The number of nitrogens with zero attached hydrogens (tertiary/aromatic N) is 1. The number of aliphatic imine (C=N–C) groups is 1. The first-order chi connectivity index (χ1) is 8.72. The molecule has 0 bridgehead atoms. The van der Waals surface area contributed by atoms with Gasteiger partial charge in [0.25, 0.3) is 0 Å². The highest BCUT2D eigenvalue weighted by Gasteiger charge is 2.23. The molecule has 1 aliphatic carbocycles. The summed E-state index contributed by atoms with van der Waals surface area (Å²) in [7, 11) is 1.74. The van der Waals surface area contributed by atoms with Crippen molar-refractivity contribution in [3.63, 3.8) is 0 Å². The highest BCUT2D eigenvalue weighted by Crippen LogP contribution is 2.19. The Labute approximate surface area is 113 Å². The highest BCUT2D eigenvalue weighted by atomic mass is 35.5. The average Bonchev–Trinajstić information content (AvgIpc) is 3.19. The topological polar surface area (TPSA) is 36.4 Å². The van der Waals surface area contributed by atoms with E-state index in [1.54, 1.807) is 7.05 Å². The number of hydrogen-bond donors (Lipinski definition) is 2. The van der Waals surface area contributed by atoms with Crippen molar-refractivity contribution in [3.8, 4) is 12.3 Å². The molecule has 18 heavy (non-hydrogen) atoms. The molecule has 1 atom stereocenters. The van der Waals surface area contributed by atoms with E-state index in [1.807, 2.05) is 24.3 Å². The fraction of sp³-hybridized carbons (Fsp3) is 0.357. The zero-order valence-corrected chi connectivity index (χ0v) is 11.0. The van der Waals surface area contributed by atoms with E-state index in [0.717, 1.165) is 11.5 Å². The monoisotopic (exact) mass is 261 g/mol. The Morgan fingerprint density at radius 3 is 2.61 bits per heavy atom. The fourth-order valence-corrected chi connectivity index (χ4v) is 1.73. The molecule has 1 saturated carbocycles. The summed E-state index contributed by atoms with van der Waals surface area (Å²) in [6.45, 7) is 0. The Morgan fingerprint density at radius 2 is 2.11 bits per heavy atom. The molecule has 0 aromatic heterocycles. The first-order valence-corrected chi connectivity index (χ1v) is 6.32. The summed E-state index contributed by atoms with van der Waals surface area (Å²) in [5, 5.41) is 7.23. The second kappa shape index (κ2) is 5.79. The van der Waals surface area contributed by atoms with Gasteiger partial charge < -0.3 is 10.6 Å². The van der Waals surface area contributed by atoms with Crippen LogP contribution in [0.15, 0.2) is 29.3 Å². The molecule has 0 heterocycles. The summed E-state index contributed by atoms with van der Waals surface area (Å²) in [5.74, 6) is 3.47. The summed E-state index contributed by atoms with van der Waals surface area (Å²) in [5.41, 5.74) is 1.00. The first-order valence-electron chi connectivity index (χ1n) is 5.94. The molecule has 94 valence electrons. The van der Waals surface area contributed by atoms with E-state index in [1.165, 1.54) is 12.8 Å². The van der Waals surface area contributed by atoms with E-state index in [4.69, 9.17) is 18.0 Å². The van der Waals surface area contributed by atoms with Crippen LogP contribution < -0.4 is 10.6 Å². The van der Waals surface area contributed by atoms with Gasteiger partial charge >= 0.3 is 0 Å². The van der Waals surface area contributed by atoms with Crippen molar-refractivity contribution in [3.05, 3.63) is 34.9 Å². The van der Waals surface area contributed by atoms with Gasteiger partial charge in [0.15, 0.2) is 5.96 Å². The van der Waals surface area contributed by atoms with Crippen LogP contribution in [-0.4, -0.2) is 19.0 Å². The van der Waals surface area contributed by atoms with Gasteiger partial charge in [-0.1, -0.05) is 29.7 Å². The van der Waals surface area contributed by atoms with Gasteiger partial charge in [0.1, 0.15) is 6.04 Å². The van der Waals surface area contributed by atoms with Crippen LogP contribution in [-0.2, 0) is 0 Å². The quantitative estimate of drug-likeness (QED) is 0.498. The zero-order chi connectivity index (χ0) is 13.0. The van der Waals surface area contributed by atoms with Gasteiger partial charge in [-0.2, -0.15) is 0 Å². The van der Waals surface area contributed by atoms with Crippen molar-refractivity contribution in [1.29, 1.82) is 0 Å². The molecule has 1 aromatic carbocycles. The largest absolute Gasteiger partial charge is 0.354 e. The standard InChI is InChI=1S/C14H16ClN3/c1-3-13(10-4-6-11(15)7-5-10)18-14(16-2)17-12-8-9-12/h1,4-7,12-13H,8-9H2,2H3,(H2,16,17,18). The number of guanidine groups is 1. The average molecular weight is 262 g/mol. The minimum Gasteiger partial charge on any atom is -0.354 e. The van der Waals surface area contributed by atoms with Crippen molar-refractivity contribution in [2.24, 2.45) is 4.99 Å². The summed E-state index contributed by atoms with van der Waals surface area (Å²) in [6, 6.07) is 7.85. The number of rotatable bonds is 3. The van der Waals surface area contributed by atoms with Crippen LogP contribution in [0.5, 0.6) is 0 Å². The molecule has 3 nitrogen and oxygen atoms in total. The van der Waals surface area contributed by atoms with E-state index in [-0.39, 0.29) is 6.04 Å². The molecular formula is C14H16ClN3. The molecule has 1 aliphatic rings. The number of halogens is 1. The lowest BCUT2D eigenvalue weighted by atomic mass is 10.1. The third-order valence-corrected chi connectivity index (χ3v) is 3.04. The van der Waals surface area contributed by atoms with E-state index >= 15 is 0 Å². The van der Waals surface area contributed by atoms with Gasteiger partial charge in [-0.05, 0) is 30.5 Å². The number of nitrogens with one attached hydrogen (secondary N) is 2. The predicted molar refractivity (Wildman–Crippen MR) is 75.7 cm³/mol. The first kappa shape index (κ1) is 12.8. The molecule has 1 unspecified atom stereocenters. The third-order valence-electron chi connectivity index (χ3n) is 2.79. The Balaban J connectivity index is 2.04. The van der Waals surface area contributed by atoms with Crippen LogP contribution in [0.25, 0.3) is 0 Å². The second-order valence-corrected chi connectivity index (χ2v) is 4.72. The van der Waals surface area contributed by atoms with Gasteiger partial charge in [0, 0.05) is 18.1 Å². The Kier molecular flexibility index (Phi) is 4.11. The molecule has 2 N–H and O–H groups in total. The van der Waals surface area contributed by atoms with Crippen LogP contribution in [0.1, 0.15) is 24.4 Å². The Hall–Kier alpha value is -1.66. The summed E-state index contributed by atoms with van der Waals surface area (Å²) in [4.78, 5) is 4.17. The molecule has 4 heteroatoms. The van der Waals surface area contributed by atoms with Gasteiger partial charge in [0.05, 0.1) is 0 Å². The van der Waals surface area contributed by atoms with Crippen molar-refractivity contribution >= 4 is 17.6 Å². The SMILES string of the molecule is C#CC(NC(=NC)NC1CC1)c1ccc(Cl)cc1. The van der Waals surface area contributed by atoms with Crippen LogP contribution in [0.4, 0.5) is 0 Å². The van der Waals surface area contributed by atoms with Crippen molar-refractivity contribution in [1.82, 2.24) is 10.6 Å². The molecule has 0 aliphatic heterocycles. The Bertz CT molecular complexity index is 469. The maximum Gasteiger partial charge on any atom is 0.192 e. The van der Waals surface area contributed by atoms with Gasteiger partial charge in [-0.15, -0.1) is 6.42 Å². The van der Waals surface area contributed by atoms with Crippen LogP contribution >= 0.6 is 11.6 Å². The molecule has 0 amide bonds. The Morgan fingerprint density at radius 1 is 1.44 bits per heavy atom. The minimum absolute atomic E-state index is 0.202. The van der Waals surface area contributed by atoms with E-state index < -0.39 is 0 Å². The number of hydrogen-bond acceptors (Lipinski definition) is 1. The molecule has 0 radical (unpaired) electrons. The maximum absolute atomic E-state index is 5.86. The van der Waals surface area contributed by atoms with E-state index in [9.17, 15) is 0 Å². The summed E-state index contributed by atoms with van der Waals surface area (Å²) in [6.07, 6.45) is 7.96. The normalized spacial score (nSPS) is 16.8. The number of benzene rings is 1. The van der Waals surface area contributed by atoms with Crippen molar-refractivity contribution in [2.75, 3.05) is 7.05 Å². The van der Waals surface area contributed by atoms with Gasteiger partial charge in [-0.3, -0.25) is 4.99 Å². The molecule has 0 saturated heterocycles. The van der Waals surface area contributed by atoms with Crippen LogP contribution in [0.3, 0.4) is 0 Å². The highest BCUT2D eigenvalue weighted by molar-refractivity contribution is 6.30. The lowest BCUT2D eigenvalue weighted by Gasteiger charge is -2.17. The second-order valence-electron chi connectivity index (χ2n) is 4.29. The number of terminal acetylenes is 1. The molecular weight excluding hydrogens is 246 g/mol.